The molecule has 1 aliphatic rings. The first-order chi connectivity index (χ1) is 28.7. The van der Waals surface area contributed by atoms with E-state index in [9.17, 15) is 0 Å². The highest BCUT2D eigenvalue weighted by molar-refractivity contribution is 7.98. The van der Waals surface area contributed by atoms with Crippen LogP contribution in [0.1, 0.15) is 22.3 Å². The standard InChI is InChI=1S/C53H36N4S/c1-58-48-32-13-10-28-44(48)53(43-27-9-12-31-47(43)57-46-30-11-8-25-41(46)42-26-16-29-45(53)49(42)57)40-24-15-22-38(34-40)37-21-14-23-39(33-37)52-55-50(35-17-4-2-5-18-35)54-51(56-52)36-19-6-3-7-20-36/h2-34H,1H3. The molecular weight excluding hydrogens is 725 g/mol. The van der Waals surface area contributed by atoms with Crippen LogP contribution in [0.5, 0.6) is 0 Å². The van der Waals surface area contributed by atoms with Gasteiger partial charge < -0.3 is 4.57 Å². The molecule has 0 saturated carbocycles. The maximum atomic E-state index is 5.05. The van der Waals surface area contributed by atoms with E-state index in [1.807, 2.05) is 60.7 Å². The molecule has 11 rings (SSSR count). The second kappa shape index (κ2) is 13.8. The number of rotatable bonds is 7. The van der Waals surface area contributed by atoms with Gasteiger partial charge in [-0.25, -0.2) is 15.0 Å². The summed E-state index contributed by atoms with van der Waals surface area (Å²) in [6, 6.07) is 71.7. The highest BCUT2D eigenvalue weighted by Crippen LogP contribution is 2.56. The van der Waals surface area contributed by atoms with E-state index in [0.29, 0.717) is 17.5 Å². The molecule has 5 heteroatoms. The molecule has 0 bridgehead atoms. The summed E-state index contributed by atoms with van der Waals surface area (Å²) in [6.45, 7) is 0. The Morgan fingerprint density at radius 3 is 1.67 bits per heavy atom. The topological polar surface area (TPSA) is 43.6 Å². The van der Waals surface area contributed by atoms with E-state index in [1.54, 1.807) is 11.8 Å². The molecule has 8 aromatic carbocycles. The number of thioether (sulfide) groups is 1. The Balaban J connectivity index is 1.14. The van der Waals surface area contributed by atoms with E-state index in [0.717, 1.165) is 27.8 Å². The van der Waals surface area contributed by atoms with Crippen molar-refractivity contribution in [1.82, 2.24) is 19.5 Å². The summed E-state index contributed by atoms with van der Waals surface area (Å²) < 4.78 is 2.49. The van der Waals surface area contributed by atoms with Crippen molar-refractivity contribution in [3.05, 3.63) is 222 Å². The lowest BCUT2D eigenvalue weighted by molar-refractivity contribution is 0.712. The molecule has 1 aliphatic heterocycles. The molecule has 0 spiro atoms. The second-order valence-electron chi connectivity index (χ2n) is 14.7. The van der Waals surface area contributed by atoms with Crippen LogP contribution in [-0.2, 0) is 5.41 Å². The number of hydrogen-bond acceptors (Lipinski definition) is 4. The Morgan fingerprint density at radius 2 is 0.931 bits per heavy atom. The zero-order valence-electron chi connectivity index (χ0n) is 31.7. The van der Waals surface area contributed by atoms with Crippen LogP contribution < -0.4 is 0 Å². The van der Waals surface area contributed by atoms with E-state index in [1.165, 1.54) is 54.6 Å². The Hall–Kier alpha value is -7.08. The number of benzene rings is 8. The fraction of sp³-hybridized carbons (Fsp3) is 0.0377. The van der Waals surface area contributed by atoms with Crippen LogP contribution >= 0.6 is 11.8 Å². The summed E-state index contributed by atoms with van der Waals surface area (Å²) in [4.78, 5) is 16.3. The Bertz CT molecular complexity index is 3110. The molecule has 3 heterocycles. The molecule has 0 saturated heterocycles. The Morgan fingerprint density at radius 1 is 0.414 bits per heavy atom. The monoisotopic (exact) mass is 760 g/mol. The average molecular weight is 761 g/mol. The normalized spacial score (nSPS) is 14.4. The molecule has 1 unspecified atom stereocenters. The van der Waals surface area contributed by atoms with E-state index in [-0.39, 0.29) is 0 Å². The van der Waals surface area contributed by atoms with E-state index < -0.39 is 5.41 Å². The van der Waals surface area contributed by atoms with Crippen LogP contribution in [0.4, 0.5) is 0 Å². The highest BCUT2D eigenvalue weighted by Gasteiger charge is 2.46. The zero-order chi connectivity index (χ0) is 38.6. The predicted octanol–water partition coefficient (Wildman–Crippen LogP) is 13.1. The van der Waals surface area contributed by atoms with Gasteiger partial charge in [0, 0.05) is 32.4 Å². The molecule has 4 nitrogen and oxygen atoms in total. The molecule has 0 N–H and O–H groups in total. The van der Waals surface area contributed by atoms with Crippen molar-refractivity contribution in [2.75, 3.05) is 6.26 Å². The fourth-order valence-corrected chi connectivity index (χ4v) is 9.78. The summed E-state index contributed by atoms with van der Waals surface area (Å²) in [5.74, 6) is 1.93. The molecule has 0 aliphatic carbocycles. The van der Waals surface area contributed by atoms with Crippen LogP contribution in [0.2, 0.25) is 0 Å². The molecule has 0 radical (unpaired) electrons. The highest BCUT2D eigenvalue weighted by atomic mass is 32.2. The molecule has 1 atom stereocenters. The van der Waals surface area contributed by atoms with Crippen LogP contribution in [0, 0.1) is 0 Å². The van der Waals surface area contributed by atoms with Crippen molar-refractivity contribution in [2.45, 2.75) is 10.3 Å². The van der Waals surface area contributed by atoms with Crippen LogP contribution in [0.15, 0.2) is 205 Å². The van der Waals surface area contributed by atoms with Crippen LogP contribution in [0.3, 0.4) is 0 Å². The Kier molecular flexibility index (Phi) is 8.16. The van der Waals surface area contributed by atoms with Gasteiger partial charge in [0.2, 0.25) is 0 Å². The summed E-state index contributed by atoms with van der Waals surface area (Å²) in [5.41, 5.74) is 13.1. The second-order valence-corrected chi connectivity index (χ2v) is 15.6. The smallest absolute Gasteiger partial charge is 0.164 e. The minimum absolute atomic E-state index is 0.614. The first kappa shape index (κ1) is 34.2. The maximum Gasteiger partial charge on any atom is 0.164 e. The first-order valence-corrected chi connectivity index (χ1v) is 20.8. The number of aromatic nitrogens is 4. The zero-order valence-corrected chi connectivity index (χ0v) is 32.6. The molecule has 10 aromatic rings. The third-order valence-electron chi connectivity index (χ3n) is 11.6. The summed E-state index contributed by atoms with van der Waals surface area (Å²) >= 11 is 1.81. The summed E-state index contributed by atoms with van der Waals surface area (Å²) in [5, 5.41) is 2.53. The van der Waals surface area contributed by atoms with Gasteiger partial charge in [0.1, 0.15) is 0 Å². The third kappa shape index (κ3) is 5.28. The van der Waals surface area contributed by atoms with E-state index in [4.69, 9.17) is 15.0 Å². The van der Waals surface area contributed by atoms with Crippen molar-refractivity contribution >= 4 is 33.6 Å². The van der Waals surface area contributed by atoms with Crippen molar-refractivity contribution in [3.8, 4) is 51.0 Å². The van der Waals surface area contributed by atoms with Gasteiger partial charge in [0.05, 0.1) is 22.1 Å². The SMILES string of the molecule is CSc1ccccc1C1(c2cccc(-c3cccc(-c4nc(-c5ccccc5)nc(-c5ccccc5)n4)c3)c2)c2ccccc2-n2c3ccccc3c3cccc1c32. The van der Waals surface area contributed by atoms with Crippen molar-refractivity contribution in [2.24, 2.45) is 0 Å². The lowest BCUT2D eigenvalue weighted by Crippen LogP contribution is -2.36. The lowest BCUT2D eigenvalue weighted by Gasteiger charge is -2.42. The molecule has 0 fully saturated rings. The third-order valence-corrected chi connectivity index (χ3v) is 12.4. The maximum absolute atomic E-state index is 5.05. The van der Waals surface area contributed by atoms with E-state index >= 15 is 0 Å². The number of para-hydroxylation sites is 3. The van der Waals surface area contributed by atoms with Gasteiger partial charge in [0.15, 0.2) is 17.5 Å². The average Bonchev–Trinajstić information content (AvgIpc) is 3.65. The van der Waals surface area contributed by atoms with Crippen molar-refractivity contribution in [3.63, 3.8) is 0 Å². The fourth-order valence-electron chi connectivity index (χ4n) is 9.12. The molecule has 58 heavy (non-hydrogen) atoms. The van der Waals surface area contributed by atoms with Crippen LogP contribution in [0.25, 0.3) is 72.8 Å². The van der Waals surface area contributed by atoms with Gasteiger partial charge in [0.25, 0.3) is 0 Å². The summed E-state index contributed by atoms with van der Waals surface area (Å²) in [7, 11) is 0. The quantitative estimate of drug-likeness (QED) is 0.152. The number of fused-ring (bicyclic) bond motifs is 5. The molecular formula is C53H36N4S. The minimum Gasteiger partial charge on any atom is -0.309 e. The lowest BCUT2D eigenvalue weighted by atomic mass is 9.63. The van der Waals surface area contributed by atoms with Crippen molar-refractivity contribution < 1.29 is 0 Å². The number of hydrogen-bond donors (Lipinski definition) is 0. The molecule has 2 aromatic heterocycles. The Labute approximate surface area is 341 Å². The largest absolute Gasteiger partial charge is 0.309 e. The number of nitrogens with zero attached hydrogens (tertiary/aromatic N) is 4. The minimum atomic E-state index is -0.614. The van der Waals surface area contributed by atoms with Gasteiger partial charge in [-0.2, -0.15) is 0 Å². The van der Waals surface area contributed by atoms with E-state index in [2.05, 4.69) is 150 Å². The molecule has 0 amide bonds. The van der Waals surface area contributed by atoms with Gasteiger partial charge in [-0.1, -0.05) is 170 Å². The van der Waals surface area contributed by atoms with Gasteiger partial charge >= 0.3 is 0 Å². The van der Waals surface area contributed by atoms with Gasteiger partial charge in [-0.15, -0.1) is 11.8 Å². The summed E-state index contributed by atoms with van der Waals surface area (Å²) in [6.07, 6.45) is 2.19. The van der Waals surface area contributed by atoms with Crippen molar-refractivity contribution in [1.29, 1.82) is 0 Å². The van der Waals surface area contributed by atoms with Crippen LogP contribution in [-0.4, -0.2) is 25.8 Å². The molecule has 274 valence electrons. The van der Waals surface area contributed by atoms with Gasteiger partial charge in [-0.3, -0.25) is 0 Å². The first-order valence-electron chi connectivity index (χ1n) is 19.6. The predicted molar refractivity (Wildman–Crippen MR) is 240 cm³/mol. The van der Waals surface area contributed by atoms with Gasteiger partial charge in [-0.05, 0) is 70.0 Å².